The Kier molecular flexibility index (Phi) is 4.59. The molecule has 0 atom stereocenters. The summed E-state index contributed by atoms with van der Waals surface area (Å²) >= 11 is 5.95. The number of fused-ring (bicyclic) bond motifs is 3. The van der Waals surface area contributed by atoms with Crippen molar-refractivity contribution in [3.8, 4) is 5.75 Å². The Morgan fingerprint density at radius 1 is 1.03 bits per heavy atom. The van der Waals surface area contributed by atoms with Gasteiger partial charge in [-0.3, -0.25) is 13.9 Å². The van der Waals surface area contributed by atoms with Gasteiger partial charge < -0.3 is 14.2 Å². The van der Waals surface area contributed by atoms with Crippen LogP contribution < -0.4 is 20.9 Å². The van der Waals surface area contributed by atoms with Gasteiger partial charge in [-0.05, 0) is 42.0 Å². The predicted molar refractivity (Wildman–Crippen MR) is 120 cm³/mol. The first kappa shape index (κ1) is 19.4. The third-order valence-corrected chi connectivity index (χ3v) is 5.89. The molecule has 0 amide bonds. The lowest BCUT2D eigenvalue weighted by atomic mass is 10.2. The summed E-state index contributed by atoms with van der Waals surface area (Å²) in [6.45, 7) is 1.46. The van der Waals surface area contributed by atoms with Gasteiger partial charge in [0.05, 0.1) is 13.7 Å². The van der Waals surface area contributed by atoms with Crippen LogP contribution in [-0.4, -0.2) is 32.3 Å². The Hall–Kier alpha value is -3.52. The van der Waals surface area contributed by atoms with E-state index in [2.05, 4.69) is 4.98 Å². The van der Waals surface area contributed by atoms with E-state index in [4.69, 9.17) is 16.3 Å². The Labute approximate surface area is 182 Å². The number of hydrogen-bond acceptors (Lipinski definition) is 5. The van der Waals surface area contributed by atoms with E-state index in [0.29, 0.717) is 35.2 Å². The van der Waals surface area contributed by atoms with E-state index < -0.39 is 5.69 Å². The molecule has 0 fully saturated rings. The van der Waals surface area contributed by atoms with Crippen molar-refractivity contribution in [1.82, 2.24) is 18.7 Å². The van der Waals surface area contributed by atoms with Crippen LogP contribution >= 0.6 is 11.6 Å². The van der Waals surface area contributed by atoms with Crippen LogP contribution in [0.3, 0.4) is 0 Å². The molecule has 0 radical (unpaired) electrons. The van der Waals surface area contributed by atoms with Gasteiger partial charge in [-0.2, -0.15) is 4.98 Å². The fraction of sp³-hybridized carbons (Fsp3) is 0.227. The monoisotopic (exact) mass is 437 g/mol. The largest absolute Gasteiger partial charge is 0.497 e. The highest BCUT2D eigenvalue weighted by atomic mass is 35.5. The lowest BCUT2D eigenvalue weighted by Gasteiger charge is -2.16. The summed E-state index contributed by atoms with van der Waals surface area (Å²) in [7, 11) is 3.27. The normalized spacial score (nSPS) is 13.1. The first-order valence-electron chi connectivity index (χ1n) is 9.84. The SMILES string of the molecule is COc1ccc(N2CCn3c2nc2c3c(=O)n(Cc3ccc(Cl)cc3)c(=O)n2C)cc1. The lowest BCUT2D eigenvalue weighted by Crippen LogP contribution is -2.40. The first-order chi connectivity index (χ1) is 15.0. The zero-order valence-corrected chi connectivity index (χ0v) is 17.8. The van der Waals surface area contributed by atoms with Crippen molar-refractivity contribution >= 4 is 34.4 Å². The molecule has 1 aliphatic heterocycles. The molecule has 2 aromatic carbocycles. The van der Waals surface area contributed by atoms with Crippen LogP contribution in [-0.2, 0) is 20.1 Å². The minimum absolute atomic E-state index is 0.168. The molecule has 8 nitrogen and oxygen atoms in total. The number of nitrogens with zero attached hydrogens (tertiary/aromatic N) is 5. The van der Waals surface area contributed by atoms with Crippen LogP contribution in [0.4, 0.5) is 11.6 Å². The molecule has 158 valence electrons. The number of aromatic nitrogens is 4. The van der Waals surface area contributed by atoms with E-state index in [-0.39, 0.29) is 12.1 Å². The quantitative estimate of drug-likeness (QED) is 0.491. The third-order valence-electron chi connectivity index (χ3n) is 5.64. The lowest BCUT2D eigenvalue weighted by molar-refractivity contribution is 0.415. The molecule has 4 aromatic rings. The molecule has 0 N–H and O–H groups in total. The van der Waals surface area contributed by atoms with E-state index in [1.165, 1.54) is 9.13 Å². The van der Waals surface area contributed by atoms with E-state index in [0.717, 1.165) is 17.0 Å². The van der Waals surface area contributed by atoms with Gasteiger partial charge in [0.2, 0.25) is 5.95 Å². The topological polar surface area (TPSA) is 74.3 Å². The highest BCUT2D eigenvalue weighted by Gasteiger charge is 2.28. The van der Waals surface area contributed by atoms with E-state index in [9.17, 15) is 9.59 Å². The third kappa shape index (κ3) is 3.11. The molecule has 31 heavy (non-hydrogen) atoms. The van der Waals surface area contributed by atoms with E-state index >= 15 is 0 Å². The molecule has 2 aromatic heterocycles. The zero-order chi connectivity index (χ0) is 21.7. The Balaban J connectivity index is 1.63. The summed E-state index contributed by atoms with van der Waals surface area (Å²) in [6, 6.07) is 14.8. The smallest absolute Gasteiger partial charge is 0.332 e. The number of methoxy groups -OCH3 is 1. The Morgan fingerprint density at radius 3 is 2.42 bits per heavy atom. The molecule has 5 rings (SSSR count). The summed E-state index contributed by atoms with van der Waals surface area (Å²) < 4.78 is 9.80. The molecule has 0 aliphatic carbocycles. The van der Waals surface area contributed by atoms with Crippen LogP contribution in [0.1, 0.15) is 5.56 Å². The number of imidazole rings is 1. The number of ether oxygens (including phenoxy) is 1. The summed E-state index contributed by atoms with van der Waals surface area (Å²) in [4.78, 5) is 33.0. The van der Waals surface area contributed by atoms with Gasteiger partial charge in [0.1, 0.15) is 5.75 Å². The Morgan fingerprint density at radius 2 is 1.74 bits per heavy atom. The van der Waals surface area contributed by atoms with Gasteiger partial charge >= 0.3 is 5.69 Å². The number of rotatable bonds is 4. The molecule has 9 heteroatoms. The van der Waals surface area contributed by atoms with Crippen LogP contribution in [0.25, 0.3) is 11.2 Å². The molecule has 1 aliphatic rings. The average molecular weight is 438 g/mol. The summed E-state index contributed by atoms with van der Waals surface area (Å²) in [6.07, 6.45) is 0. The number of aryl methyl sites for hydroxylation is 1. The van der Waals surface area contributed by atoms with Crippen LogP contribution in [0.2, 0.25) is 5.02 Å². The van der Waals surface area contributed by atoms with Crippen LogP contribution in [0, 0.1) is 0 Å². The van der Waals surface area contributed by atoms with Gasteiger partial charge in [0.15, 0.2) is 11.2 Å². The van der Waals surface area contributed by atoms with Gasteiger partial charge in [-0.25, -0.2) is 4.79 Å². The minimum atomic E-state index is -0.403. The fourth-order valence-electron chi connectivity index (χ4n) is 4.00. The van der Waals surface area contributed by atoms with Crippen molar-refractivity contribution in [2.45, 2.75) is 13.1 Å². The van der Waals surface area contributed by atoms with Gasteiger partial charge in [-0.15, -0.1) is 0 Å². The maximum atomic E-state index is 13.3. The molecule has 0 saturated carbocycles. The highest BCUT2D eigenvalue weighted by molar-refractivity contribution is 6.30. The van der Waals surface area contributed by atoms with Crippen LogP contribution in [0.5, 0.6) is 5.75 Å². The highest BCUT2D eigenvalue weighted by Crippen LogP contribution is 2.32. The van der Waals surface area contributed by atoms with Crippen molar-refractivity contribution in [1.29, 1.82) is 0 Å². The van der Waals surface area contributed by atoms with E-state index in [1.807, 2.05) is 45.9 Å². The number of halogens is 1. The molecular weight excluding hydrogens is 418 g/mol. The first-order valence-corrected chi connectivity index (χ1v) is 10.2. The van der Waals surface area contributed by atoms with Crippen molar-refractivity contribution in [2.75, 3.05) is 18.6 Å². The number of hydrogen-bond donors (Lipinski definition) is 0. The Bertz CT molecular complexity index is 1400. The van der Waals surface area contributed by atoms with Gasteiger partial charge in [-0.1, -0.05) is 23.7 Å². The molecule has 0 unspecified atom stereocenters. The van der Waals surface area contributed by atoms with Crippen molar-refractivity contribution in [3.05, 3.63) is 80.0 Å². The summed E-state index contributed by atoms with van der Waals surface area (Å²) in [5.74, 6) is 1.42. The number of benzene rings is 2. The fourth-order valence-corrected chi connectivity index (χ4v) is 4.12. The molecule has 0 bridgehead atoms. The molecule has 0 spiro atoms. The maximum absolute atomic E-state index is 13.3. The minimum Gasteiger partial charge on any atom is -0.497 e. The number of anilines is 2. The molecule has 3 heterocycles. The second-order valence-electron chi connectivity index (χ2n) is 7.44. The van der Waals surface area contributed by atoms with Crippen LogP contribution in [0.15, 0.2) is 58.1 Å². The molecular formula is C22H20ClN5O3. The van der Waals surface area contributed by atoms with Crippen molar-refractivity contribution in [2.24, 2.45) is 7.05 Å². The van der Waals surface area contributed by atoms with Gasteiger partial charge in [0.25, 0.3) is 5.56 Å². The van der Waals surface area contributed by atoms with Crippen molar-refractivity contribution in [3.63, 3.8) is 0 Å². The van der Waals surface area contributed by atoms with Gasteiger partial charge in [0, 0.05) is 30.8 Å². The van der Waals surface area contributed by atoms with Crippen molar-refractivity contribution < 1.29 is 4.74 Å². The summed E-state index contributed by atoms with van der Waals surface area (Å²) in [5.41, 5.74) is 1.84. The standard InChI is InChI=1S/C22H20ClN5O3/c1-25-19-18(20(29)28(22(25)30)13-14-3-5-15(23)6-4-14)27-12-11-26(21(27)24-19)16-7-9-17(31-2)10-8-16/h3-10H,11-13H2,1-2H3. The second-order valence-corrected chi connectivity index (χ2v) is 7.88. The zero-order valence-electron chi connectivity index (χ0n) is 17.1. The predicted octanol–water partition coefficient (Wildman–Crippen LogP) is 2.76. The molecule has 0 saturated heterocycles. The summed E-state index contributed by atoms with van der Waals surface area (Å²) in [5, 5.41) is 0.603. The van der Waals surface area contributed by atoms with E-state index in [1.54, 1.807) is 26.3 Å². The maximum Gasteiger partial charge on any atom is 0.332 e. The second kappa shape index (κ2) is 7.31. The average Bonchev–Trinajstić information content (AvgIpc) is 3.36.